The first kappa shape index (κ1) is 8.34. The van der Waals surface area contributed by atoms with E-state index in [2.05, 4.69) is 0 Å². The van der Waals surface area contributed by atoms with Crippen molar-refractivity contribution in [2.24, 2.45) is 0 Å². The zero-order valence-electron chi connectivity index (χ0n) is 6.46. The molecule has 0 unspecified atom stereocenters. The summed E-state index contributed by atoms with van der Waals surface area (Å²) in [5.41, 5.74) is 0.727. The SMILES string of the molecule is CCC(=O)C1=CC=CCC1=S. The summed E-state index contributed by atoms with van der Waals surface area (Å²) in [6.07, 6.45) is 6.94. The van der Waals surface area contributed by atoms with Crippen LogP contribution in [0.3, 0.4) is 0 Å². The molecule has 1 nitrogen and oxygen atoms in total. The van der Waals surface area contributed by atoms with Crippen molar-refractivity contribution < 1.29 is 4.79 Å². The summed E-state index contributed by atoms with van der Waals surface area (Å²) in [6, 6.07) is 0. The molecule has 11 heavy (non-hydrogen) atoms. The highest BCUT2D eigenvalue weighted by molar-refractivity contribution is 7.81. The van der Waals surface area contributed by atoms with E-state index in [0.717, 1.165) is 16.9 Å². The molecule has 0 N–H and O–H groups in total. The normalized spacial score (nSPS) is 16.5. The third-order valence-corrected chi connectivity index (χ3v) is 2.01. The van der Waals surface area contributed by atoms with Gasteiger partial charge < -0.3 is 0 Å². The van der Waals surface area contributed by atoms with Gasteiger partial charge in [-0.3, -0.25) is 4.79 Å². The first-order valence-corrected chi connectivity index (χ1v) is 4.09. The lowest BCUT2D eigenvalue weighted by Gasteiger charge is -2.06. The molecule has 0 atom stereocenters. The Morgan fingerprint density at radius 2 is 2.45 bits per heavy atom. The first-order chi connectivity index (χ1) is 5.25. The number of allylic oxidation sites excluding steroid dienone is 4. The van der Waals surface area contributed by atoms with Crippen molar-refractivity contribution in [2.45, 2.75) is 19.8 Å². The molecule has 1 aliphatic rings. The quantitative estimate of drug-likeness (QED) is 0.585. The van der Waals surface area contributed by atoms with Crippen LogP contribution in [0.25, 0.3) is 0 Å². The van der Waals surface area contributed by atoms with Gasteiger partial charge in [-0.25, -0.2) is 0 Å². The van der Waals surface area contributed by atoms with E-state index in [0.29, 0.717) is 6.42 Å². The molecule has 0 spiro atoms. The number of hydrogen-bond acceptors (Lipinski definition) is 2. The van der Waals surface area contributed by atoms with Crippen LogP contribution in [0.15, 0.2) is 23.8 Å². The smallest absolute Gasteiger partial charge is 0.163 e. The van der Waals surface area contributed by atoms with Gasteiger partial charge in [0, 0.05) is 23.3 Å². The standard InChI is InChI=1S/C9H10OS/c1-2-8(10)7-5-3-4-6-9(7)11/h3-5H,2,6H2,1H3. The van der Waals surface area contributed by atoms with Crippen molar-refractivity contribution in [3.8, 4) is 0 Å². The van der Waals surface area contributed by atoms with Gasteiger partial charge in [-0.05, 0) is 0 Å². The summed E-state index contributed by atoms with van der Waals surface area (Å²) in [6.45, 7) is 1.85. The third kappa shape index (κ3) is 1.84. The Bertz CT molecular complexity index is 248. The summed E-state index contributed by atoms with van der Waals surface area (Å²) in [4.78, 5) is 12.0. The minimum absolute atomic E-state index is 0.152. The summed E-state index contributed by atoms with van der Waals surface area (Å²) < 4.78 is 0. The van der Waals surface area contributed by atoms with Crippen LogP contribution in [0, 0.1) is 0 Å². The fraction of sp³-hybridized carbons (Fsp3) is 0.333. The van der Waals surface area contributed by atoms with E-state index < -0.39 is 0 Å². The summed E-state index contributed by atoms with van der Waals surface area (Å²) >= 11 is 5.03. The van der Waals surface area contributed by atoms with Crippen molar-refractivity contribution in [1.29, 1.82) is 0 Å². The molecule has 0 heterocycles. The van der Waals surface area contributed by atoms with Crippen molar-refractivity contribution in [3.05, 3.63) is 23.8 Å². The predicted molar refractivity (Wildman–Crippen MR) is 49.7 cm³/mol. The Balaban J connectivity index is 2.84. The second kappa shape index (κ2) is 3.58. The summed E-state index contributed by atoms with van der Waals surface area (Å²) in [5.74, 6) is 0.152. The van der Waals surface area contributed by atoms with Gasteiger partial charge in [0.25, 0.3) is 0 Å². The Hall–Kier alpha value is -0.760. The number of carbonyl (C=O) groups is 1. The molecule has 1 aliphatic carbocycles. The van der Waals surface area contributed by atoms with Gasteiger partial charge in [-0.1, -0.05) is 37.4 Å². The maximum absolute atomic E-state index is 11.2. The molecule has 0 fully saturated rings. The van der Waals surface area contributed by atoms with Crippen LogP contribution >= 0.6 is 12.2 Å². The van der Waals surface area contributed by atoms with Crippen LogP contribution < -0.4 is 0 Å². The lowest BCUT2D eigenvalue weighted by molar-refractivity contribution is -0.114. The fourth-order valence-corrected chi connectivity index (χ4v) is 1.26. The molecular formula is C9H10OS. The summed E-state index contributed by atoms with van der Waals surface area (Å²) in [7, 11) is 0. The van der Waals surface area contributed by atoms with Crippen molar-refractivity contribution >= 4 is 22.9 Å². The van der Waals surface area contributed by atoms with Gasteiger partial charge >= 0.3 is 0 Å². The summed E-state index contributed by atoms with van der Waals surface area (Å²) in [5, 5.41) is 0. The largest absolute Gasteiger partial charge is 0.294 e. The lowest BCUT2D eigenvalue weighted by atomic mass is 10.00. The van der Waals surface area contributed by atoms with Gasteiger partial charge in [0.2, 0.25) is 0 Å². The second-order valence-corrected chi connectivity index (χ2v) is 2.91. The molecule has 0 aromatic heterocycles. The fourth-order valence-electron chi connectivity index (χ4n) is 0.981. The maximum Gasteiger partial charge on any atom is 0.163 e. The van der Waals surface area contributed by atoms with Gasteiger partial charge in [-0.2, -0.15) is 0 Å². The van der Waals surface area contributed by atoms with Crippen molar-refractivity contribution in [3.63, 3.8) is 0 Å². The molecule has 2 heteroatoms. The highest BCUT2D eigenvalue weighted by Gasteiger charge is 2.12. The van der Waals surface area contributed by atoms with Gasteiger partial charge in [-0.15, -0.1) is 0 Å². The Morgan fingerprint density at radius 3 is 3.00 bits per heavy atom. The molecule has 1 rings (SSSR count). The molecule has 0 radical (unpaired) electrons. The Labute approximate surface area is 71.8 Å². The van der Waals surface area contributed by atoms with Crippen LogP contribution in [0.2, 0.25) is 0 Å². The van der Waals surface area contributed by atoms with E-state index in [9.17, 15) is 4.79 Å². The van der Waals surface area contributed by atoms with E-state index >= 15 is 0 Å². The van der Waals surface area contributed by atoms with E-state index in [1.807, 2.05) is 19.1 Å². The van der Waals surface area contributed by atoms with Crippen LogP contribution in [0.4, 0.5) is 0 Å². The number of Topliss-reactive ketones (excluding diaryl/α,β-unsaturated/α-hetero) is 1. The van der Waals surface area contributed by atoms with Gasteiger partial charge in [0.1, 0.15) is 0 Å². The predicted octanol–water partition coefficient (Wildman–Crippen LogP) is 2.22. The molecule has 58 valence electrons. The molecular weight excluding hydrogens is 156 g/mol. The molecule has 0 aromatic rings. The minimum atomic E-state index is 0.152. The number of thiocarbonyl (C=S) groups is 1. The number of carbonyl (C=O) groups excluding carboxylic acids is 1. The van der Waals surface area contributed by atoms with Crippen molar-refractivity contribution in [1.82, 2.24) is 0 Å². The highest BCUT2D eigenvalue weighted by Crippen LogP contribution is 2.11. The third-order valence-electron chi connectivity index (χ3n) is 1.62. The zero-order valence-corrected chi connectivity index (χ0v) is 7.28. The van der Waals surface area contributed by atoms with E-state index in [1.165, 1.54) is 0 Å². The van der Waals surface area contributed by atoms with Crippen LogP contribution in [-0.4, -0.2) is 10.6 Å². The monoisotopic (exact) mass is 166 g/mol. The van der Waals surface area contributed by atoms with Crippen LogP contribution in [-0.2, 0) is 4.79 Å². The molecule has 0 aliphatic heterocycles. The molecule has 0 bridgehead atoms. The average molecular weight is 166 g/mol. The molecule has 0 saturated heterocycles. The maximum atomic E-state index is 11.2. The van der Waals surface area contributed by atoms with Gasteiger partial charge in [0.05, 0.1) is 0 Å². The van der Waals surface area contributed by atoms with E-state index in [4.69, 9.17) is 12.2 Å². The minimum Gasteiger partial charge on any atom is -0.294 e. The van der Waals surface area contributed by atoms with Crippen LogP contribution in [0.5, 0.6) is 0 Å². The van der Waals surface area contributed by atoms with Crippen molar-refractivity contribution in [2.75, 3.05) is 0 Å². The van der Waals surface area contributed by atoms with Gasteiger partial charge in [0.15, 0.2) is 5.78 Å². The Morgan fingerprint density at radius 1 is 1.73 bits per heavy atom. The highest BCUT2D eigenvalue weighted by atomic mass is 32.1. The average Bonchev–Trinajstić information content (AvgIpc) is 2.04. The zero-order chi connectivity index (χ0) is 8.27. The first-order valence-electron chi connectivity index (χ1n) is 3.69. The molecule has 0 saturated carbocycles. The van der Waals surface area contributed by atoms with Crippen LogP contribution in [0.1, 0.15) is 19.8 Å². The molecule has 0 aromatic carbocycles. The Kier molecular flexibility index (Phi) is 2.71. The number of ketones is 1. The second-order valence-electron chi connectivity index (χ2n) is 2.41. The molecule has 0 amide bonds. The topological polar surface area (TPSA) is 17.1 Å². The number of hydrogen-bond donors (Lipinski definition) is 0. The lowest BCUT2D eigenvalue weighted by Crippen LogP contribution is -2.11. The number of rotatable bonds is 2. The van der Waals surface area contributed by atoms with E-state index in [-0.39, 0.29) is 5.78 Å². The van der Waals surface area contributed by atoms with E-state index in [1.54, 1.807) is 6.08 Å².